The van der Waals surface area contributed by atoms with Crippen LogP contribution in [0.25, 0.3) is 0 Å². The van der Waals surface area contributed by atoms with Gasteiger partial charge >= 0.3 is 0 Å². The molecule has 1 aliphatic rings. The third-order valence-corrected chi connectivity index (χ3v) is 5.99. The van der Waals surface area contributed by atoms with Crippen LogP contribution in [0.4, 0.5) is 5.69 Å². The van der Waals surface area contributed by atoms with Crippen molar-refractivity contribution in [3.63, 3.8) is 0 Å². The van der Waals surface area contributed by atoms with E-state index in [2.05, 4.69) is 18.3 Å². The molecule has 152 valence electrons. The van der Waals surface area contributed by atoms with E-state index in [0.29, 0.717) is 28.6 Å². The molecule has 2 aromatic rings. The number of unbranched alkanes of at least 4 members (excludes halogenated alkanes) is 1. The molecule has 0 bridgehead atoms. The fourth-order valence-corrected chi connectivity index (χ4v) is 4.33. The lowest BCUT2D eigenvalue weighted by molar-refractivity contribution is -0.122. The Kier molecular flexibility index (Phi) is 7.17. The van der Waals surface area contributed by atoms with Crippen molar-refractivity contribution in [1.82, 2.24) is 0 Å². The first kappa shape index (κ1) is 21.2. The number of carbonyl (C=O) groups excluding carboxylic acids is 1. The van der Waals surface area contributed by atoms with Gasteiger partial charge in [-0.1, -0.05) is 62.4 Å². The topological polar surface area (TPSA) is 62.1 Å². The summed E-state index contributed by atoms with van der Waals surface area (Å²) in [7, 11) is 0. The molecule has 0 saturated heterocycles. The number of hydrogen-bond donors (Lipinski definition) is 1. The van der Waals surface area contributed by atoms with Crippen molar-refractivity contribution in [2.75, 3.05) is 11.9 Å². The van der Waals surface area contributed by atoms with E-state index in [1.165, 1.54) is 0 Å². The van der Waals surface area contributed by atoms with Crippen LogP contribution in [0.1, 0.15) is 63.0 Å². The zero-order valence-corrected chi connectivity index (χ0v) is 17.6. The summed E-state index contributed by atoms with van der Waals surface area (Å²) in [5.74, 6) is 0.549. The smallest absolute Gasteiger partial charge is 0.235 e. The molecule has 0 radical (unpaired) electrons. The first-order chi connectivity index (χ1) is 14.1. The van der Waals surface area contributed by atoms with Crippen molar-refractivity contribution in [3.8, 4) is 11.8 Å². The molecule has 1 saturated carbocycles. The zero-order valence-electron chi connectivity index (χ0n) is 16.8. The summed E-state index contributed by atoms with van der Waals surface area (Å²) < 4.78 is 5.69. The molecule has 1 fully saturated rings. The van der Waals surface area contributed by atoms with Gasteiger partial charge in [0.05, 0.1) is 23.3 Å². The van der Waals surface area contributed by atoms with Crippen molar-refractivity contribution in [2.45, 2.75) is 57.3 Å². The number of halogens is 1. The lowest BCUT2D eigenvalue weighted by Gasteiger charge is -2.37. The van der Waals surface area contributed by atoms with E-state index in [-0.39, 0.29) is 5.91 Å². The van der Waals surface area contributed by atoms with Gasteiger partial charge in [-0.3, -0.25) is 4.79 Å². The zero-order chi connectivity index (χ0) is 20.7. The highest BCUT2D eigenvalue weighted by atomic mass is 35.5. The van der Waals surface area contributed by atoms with Crippen molar-refractivity contribution in [2.24, 2.45) is 0 Å². The molecule has 1 amide bonds. The molecule has 0 aromatic heterocycles. The van der Waals surface area contributed by atoms with Gasteiger partial charge in [0.1, 0.15) is 11.8 Å². The van der Waals surface area contributed by atoms with Crippen LogP contribution >= 0.6 is 11.6 Å². The number of ether oxygens (including phenoxy) is 1. The standard InChI is InChI=1S/C24H27ClN2O2/c1-2-3-15-29-19-11-12-22(18(16-19)17-26)27-23(28)24(13-7-4-8-14-24)20-9-5-6-10-21(20)25/h5-6,9-12,16H,2-4,7-8,13-15H2,1H3,(H,27,28). The van der Waals surface area contributed by atoms with E-state index >= 15 is 0 Å². The molecular weight excluding hydrogens is 384 g/mol. The maximum atomic E-state index is 13.5. The summed E-state index contributed by atoms with van der Waals surface area (Å²) in [6.45, 7) is 2.71. The number of amides is 1. The molecule has 3 rings (SSSR count). The molecule has 0 atom stereocenters. The Balaban J connectivity index is 1.87. The van der Waals surface area contributed by atoms with Crippen LogP contribution in [0.5, 0.6) is 5.75 Å². The van der Waals surface area contributed by atoms with E-state index in [9.17, 15) is 10.1 Å². The molecule has 4 nitrogen and oxygen atoms in total. The van der Waals surface area contributed by atoms with Gasteiger partial charge in [-0.25, -0.2) is 0 Å². The summed E-state index contributed by atoms with van der Waals surface area (Å²) in [6, 6.07) is 15.0. The number of nitriles is 1. The Bertz CT molecular complexity index is 898. The summed E-state index contributed by atoms with van der Waals surface area (Å²) in [5.41, 5.74) is 1.12. The van der Waals surface area contributed by atoms with Gasteiger partial charge in [0.25, 0.3) is 0 Å². The minimum atomic E-state index is -0.667. The first-order valence-corrected chi connectivity index (χ1v) is 10.7. The van der Waals surface area contributed by atoms with Crippen LogP contribution < -0.4 is 10.1 Å². The van der Waals surface area contributed by atoms with Crippen LogP contribution in [0.2, 0.25) is 5.02 Å². The molecule has 29 heavy (non-hydrogen) atoms. The number of rotatable bonds is 7. The molecule has 1 aliphatic carbocycles. The minimum Gasteiger partial charge on any atom is -0.494 e. The fourth-order valence-electron chi connectivity index (χ4n) is 4.01. The van der Waals surface area contributed by atoms with Crippen LogP contribution in [0, 0.1) is 11.3 Å². The van der Waals surface area contributed by atoms with E-state index in [4.69, 9.17) is 16.3 Å². The summed E-state index contributed by atoms with van der Waals surface area (Å²) >= 11 is 6.49. The van der Waals surface area contributed by atoms with Gasteiger partial charge in [0.15, 0.2) is 0 Å². The molecule has 5 heteroatoms. The monoisotopic (exact) mass is 410 g/mol. The summed E-state index contributed by atoms with van der Waals surface area (Å²) in [6.07, 6.45) is 6.59. The molecule has 0 aliphatic heterocycles. The van der Waals surface area contributed by atoms with Crippen molar-refractivity contribution < 1.29 is 9.53 Å². The summed E-state index contributed by atoms with van der Waals surface area (Å²) in [4.78, 5) is 13.5. The van der Waals surface area contributed by atoms with E-state index in [1.807, 2.05) is 24.3 Å². The molecular formula is C24H27ClN2O2. The van der Waals surface area contributed by atoms with Crippen LogP contribution in [-0.4, -0.2) is 12.5 Å². The second-order valence-electron chi connectivity index (χ2n) is 7.60. The predicted molar refractivity (Wildman–Crippen MR) is 116 cm³/mol. The molecule has 1 N–H and O–H groups in total. The van der Waals surface area contributed by atoms with Crippen molar-refractivity contribution in [3.05, 3.63) is 58.6 Å². The average molecular weight is 411 g/mol. The van der Waals surface area contributed by atoms with Crippen molar-refractivity contribution in [1.29, 1.82) is 5.26 Å². The van der Waals surface area contributed by atoms with Gasteiger partial charge in [-0.2, -0.15) is 5.26 Å². The second-order valence-corrected chi connectivity index (χ2v) is 8.01. The molecule has 0 spiro atoms. The third kappa shape index (κ3) is 4.74. The maximum Gasteiger partial charge on any atom is 0.235 e. The highest BCUT2D eigenvalue weighted by Crippen LogP contribution is 2.43. The number of carbonyl (C=O) groups is 1. The summed E-state index contributed by atoms with van der Waals surface area (Å²) in [5, 5.41) is 13.2. The van der Waals surface area contributed by atoms with E-state index in [0.717, 1.165) is 50.5 Å². The molecule has 2 aromatic carbocycles. The number of hydrogen-bond acceptors (Lipinski definition) is 3. The Morgan fingerprint density at radius 1 is 1.21 bits per heavy atom. The normalized spacial score (nSPS) is 15.3. The van der Waals surface area contributed by atoms with Gasteiger partial charge in [-0.05, 0) is 49.1 Å². The number of nitrogens with zero attached hydrogens (tertiary/aromatic N) is 1. The highest BCUT2D eigenvalue weighted by molar-refractivity contribution is 6.31. The molecule has 0 unspecified atom stereocenters. The van der Waals surface area contributed by atoms with Gasteiger partial charge in [0, 0.05) is 5.02 Å². The van der Waals surface area contributed by atoms with E-state index in [1.54, 1.807) is 18.2 Å². The Morgan fingerprint density at radius 3 is 2.66 bits per heavy atom. The van der Waals surface area contributed by atoms with Crippen LogP contribution in [-0.2, 0) is 10.2 Å². The lowest BCUT2D eigenvalue weighted by Crippen LogP contribution is -2.42. The Hall–Kier alpha value is -2.51. The molecule has 0 heterocycles. The fraction of sp³-hybridized carbons (Fsp3) is 0.417. The minimum absolute atomic E-state index is 0.0959. The van der Waals surface area contributed by atoms with Gasteiger partial charge in [0.2, 0.25) is 5.91 Å². The Labute approximate surface area is 177 Å². The number of nitrogens with one attached hydrogen (secondary N) is 1. The van der Waals surface area contributed by atoms with E-state index < -0.39 is 5.41 Å². The number of benzene rings is 2. The number of anilines is 1. The highest BCUT2D eigenvalue weighted by Gasteiger charge is 2.42. The van der Waals surface area contributed by atoms with Crippen LogP contribution in [0.3, 0.4) is 0 Å². The van der Waals surface area contributed by atoms with Gasteiger partial charge in [-0.15, -0.1) is 0 Å². The van der Waals surface area contributed by atoms with Crippen LogP contribution in [0.15, 0.2) is 42.5 Å². The first-order valence-electron chi connectivity index (χ1n) is 10.3. The lowest BCUT2D eigenvalue weighted by atomic mass is 9.68. The average Bonchev–Trinajstić information content (AvgIpc) is 2.75. The maximum absolute atomic E-state index is 13.5. The van der Waals surface area contributed by atoms with Crippen molar-refractivity contribution >= 4 is 23.2 Å². The second kappa shape index (κ2) is 9.80. The predicted octanol–water partition coefficient (Wildman–Crippen LogP) is 6.23. The third-order valence-electron chi connectivity index (χ3n) is 5.66. The largest absolute Gasteiger partial charge is 0.494 e. The van der Waals surface area contributed by atoms with Gasteiger partial charge < -0.3 is 10.1 Å². The SMILES string of the molecule is CCCCOc1ccc(NC(=O)C2(c3ccccc3Cl)CCCCC2)c(C#N)c1. The quantitative estimate of drug-likeness (QED) is 0.550. The Morgan fingerprint density at radius 2 is 1.97 bits per heavy atom.